The number of amides is 1. The topological polar surface area (TPSA) is 55.4 Å². The van der Waals surface area contributed by atoms with Gasteiger partial charge in [0.05, 0.1) is 11.6 Å². The molecule has 6 heteroatoms. The van der Waals surface area contributed by atoms with Crippen LogP contribution >= 0.6 is 11.3 Å². The van der Waals surface area contributed by atoms with Crippen molar-refractivity contribution in [2.75, 3.05) is 11.9 Å². The van der Waals surface area contributed by atoms with Crippen LogP contribution in [0.5, 0.6) is 0 Å². The van der Waals surface area contributed by atoms with Crippen LogP contribution in [0.2, 0.25) is 0 Å². The third-order valence-electron chi connectivity index (χ3n) is 2.92. The molecule has 0 atom stereocenters. The highest BCUT2D eigenvalue weighted by Gasteiger charge is 2.15. The van der Waals surface area contributed by atoms with Gasteiger partial charge in [-0.15, -0.1) is 11.3 Å². The lowest BCUT2D eigenvalue weighted by Gasteiger charge is -1.99. The number of nitrogens with one attached hydrogen (secondary N) is 1. The monoisotopic (exact) mass is 333 g/mol. The Morgan fingerprint density at radius 1 is 1.30 bits per heavy atom. The van der Waals surface area contributed by atoms with Crippen molar-refractivity contribution >= 4 is 34.3 Å². The van der Waals surface area contributed by atoms with E-state index in [0.717, 1.165) is 11.1 Å². The number of benzene rings is 1. The molecule has 2 aromatic rings. The Bertz CT molecular complexity index is 735. The Morgan fingerprint density at radius 3 is 2.65 bits per heavy atom. The van der Waals surface area contributed by atoms with Gasteiger partial charge in [-0.25, -0.2) is 9.18 Å². The van der Waals surface area contributed by atoms with Gasteiger partial charge in [-0.3, -0.25) is 4.79 Å². The predicted molar refractivity (Wildman–Crippen MR) is 89.1 cm³/mol. The Labute approximate surface area is 137 Å². The van der Waals surface area contributed by atoms with E-state index in [4.69, 9.17) is 4.74 Å². The van der Waals surface area contributed by atoms with Crippen LogP contribution in [0.15, 0.2) is 36.4 Å². The first kappa shape index (κ1) is 16.9. The molecule has 1 N–H and O–H groups in total. The second kappa shape index (κ2) is 7.69. The Kier molecular flexibility index (Phi) is 5.65. The van der Waals surface area contributed by atoms with Crippen molar-refractivity contribution in [3.63, 3.8) is 0 Å². The summed E-state index contributed by atoms with van der Waals surface area (Å²) in [6.45, 7) is 3.83. The summed E-state index contributed by atoms with van der Waals surface area (Å²) in [7, 11) is 0. The Balaban J connectivity index is 2.01. The third kappa shape index (κ3) is 4.75. The number of halogens is 1. The average molecular weight is 333 g/mol. The summed E-state index contributed by atoms with van der Waals surface area (Å²) in [5.41, 5.74) is 1.47. The fourth-order valence-electron chi connectivity index (χ4n) is 1.85. The summed E-state index contributed by atoms with van der Waals surface area (Å²) in [4.78, 5) is 24.1. The highest BCUT2D eigenvalue weighted by molar-refractivity contribution is 7.18. The number of rotatable bonds is 5. The fourth-order valence-corrected chi connectivity index (χ4v) is 2.82. The van der Waals surface area contributed by atoms with Crippen LogP contribution < -0.4 is 5.32 Å². The molecule has 1 aromatic heterocycles. The van der Waals surface area contributed by atoms with E-state index in [9.17, 15) is 14.0 Å². The minimum atomic E-state index is -0.391. The molecule has 0 unspecified atom stereocenters. The largest absolute Gasteiger partial charge is 0.462 e. The molecular formula is C17H16FNO3S. The number of thiophene rings is 1. The molecule has 4 nitrogen and oxygen atoms in total. The van der Waals surface area contributed by atoms with E-state index in [-0.39, 0.29) is 11.7 Å². The SMILES string of the molecule is CCOC(=O)c1sc(NC(=O)/C=C/c2ccc(F)cc2)cc1C. The van der Waals surface area contributed by atoms with E-state index in [2.05, 4.69) is 5.32 Å². The van der Waals surface area contributed by atoms with Crippen LogP contribution in [-0.2, 0) is 9.53 Å². The van der Waals surface area contributed by atoms with Crippen LogP contribution in [0.4, 0.5) is 9.39 Å². The molecule has 120 valence electrons. The van der Waals surface area contributed by atoms with Gasteiger partial charge in [-0.1, -0.05) is 12.1 Å². The molecule has 1 aromatic carbocycles. The fraction of sp³-hybridized carbons (Fsp3) is 0.176. The zero-order valence-electron chi connectivity index (χ0n) is 12.8. The van der Waals surface area contributed by atoms with Crippen LogP contribution in [0, 0.1) is 12.7 Å². The first-order valence-electron chi connectivity index (χ1n) is 7.01. The standard InChI is InChI=1S/C17H16FNO3S/c1-3-22-17(21)16-11(2)10-15(23-16)19-14(20)9-6-12-4-7-13(18)8-5-12/h4-10H,3H2,1-2H3,(H,19,20)/b9-6+. The quantitative estimate of drug-likeness (QED) is 0.664. The van der Waals surface area contributed by atoms with Gasteiger partial charge in [0.15, 0.2) is 0 Å². The minimum Gasteiger partial charge on any atom is -0.462 e. The van der Waals surface area contributed by atoms with Crippen LogP contribution in [-0.4, -0.2) is 18.5 Å². The van der Waals surface area contributed by atoms with Gasteiger partial charge in [-0.05, 0) is 49.2 Å². The molecule has 0 aliphatic rings. The van der Waals surface area contributed by atoms with E-state index in [1.807, 2.05) is 0 Å². The second-order valence-electron chi connectivity index (χ2n) is 4.72. The van der Waals surface area contributed by atoms with Crippen molar-refractivity contribution in [1.82, 2.24) is 0 Å². The molecule has 1 amide bonds. The van der Waals surface area contributed by atoms with Gasteiger partial charge in [0, 0.05) is 6.08 Å². The van der Waals surface area contributed by atoms with Crippen molar-refractivity contribution < 1.29 is 18.7 Å². The molecule has 0 spiro atoms. The molecular weight excluding hydrogens is 317 g/mol. The number of carbonyl (C=O) groups excluding carboxylic acids is 2. The number of esters is 1. The molecule has 0 aliphatic carbocycles. The van der Waals surface area contributed by atoms with Crippen LogP contribution in [0.1, 0.15) is 27.7 Å². The van der Waals surface area contributed by atoms with E-state index in [1.54, 1.807) is 38.1 Å². The summed E-state index contributed by atoms with van der Waals surface area (Å²) in [6, 6.07) is 7.53. The maximum atomic E-state index is 12.8. The molecule has 0 fully saturated rings. The van der Waals surface area contributed by atoms with E-state index in [1.165, 1.54) is 29.5 Å². The lowest BCUT2D eigenvalue weighted by molar-refractivity contribution is -0.111. The van der Waals surface area contributed by atoms with Crippen molar-refractivity contribution in [3.05, 3.63) is 58.2 Å². The van der Waals surface area contributed by atoms with Crippen molar-refractivity contribution in [3.8, 4) is 0 Å². The van der Waals surface area contributed by atoms with Crippen LogP contribution in [0.25, 0.3) is 6.08 Å². The number of carbonyl (C=O) groups is 2. The van der Waals surface area contributed by atoms with E-state index < -0.39 is 5.97 Å². The number of anilines is 1. The normalized spacial score (nSPS) is 10.7. The summed E-state index contributed by atoms with van der Waals surface area (Å²) < 4.78 is 17.7. The highest BCUT2D eigenvalue weighted by Crippen LogP contribution is 2.27. The maximum Gasteiger partial charge on any atom is 0.348 e. The molecule has 0 saturated carbocycles. The Morgan fingerprint density at radius 2 is 2.00 bits per heavy atom. The minimum absolute atomic E-state index is 0.304. The molecule has 0 radical (unpaired) electrons. The molecule has 1 heterocycles. The molecule has 0 aliphatic heterocycles. The Hall–Kier alpha value is -2.47. The number of ether oxygens (including phenoxy) is 1. The summed E-state index contributed by atoms with van der Waals surface area (Å²) in [6.07, 6.45) is 2.94. The number of hydrogen-bond acceptors (Lipinski definition) is 4. The lowest BCUT2D eigenvalue weighted by atomic mass is 10.2. The van der Waals surface area contributed by atoms with E-state index >= 15 is 0 Å². The zero-order chi connectivity index (χ0) is 16.8. The van der Waals surface area contributed by atoms with Gasteiger partial charge in [0.2, 0.25) is 5.91 Å². The molecule has 23 heavy (non-hydrogen) atoms. The van der Waals surface area contributed by atoms with Gasteiger partial charge < -0.3 is 10.1 Å². The van der Waals surface area contributed by atoms with Crippen molar-refractivity contribution in [1.29, 1.82) is 0 Å². The predicted octanol–water partition coefficient (Wildman–Crippen LogP) is 4.02. The van der Waals surface area contributed by atoms with Crippen molar-refractivity contribution in [2.45, 2.75) is 13.8 Å². The zero-order valence-corrected chi connectivity index (χ0v) is 13.6. The van der Waals surface area contributed by atoms with Gasteiger partial charge in [-0.2, -0.15) is 0 Å². The van der Waals surface area contributed by atoms with Gasteiger partial charge in [0.1, 0.15) is 10.7 Å². The molecule has 0 saturated heterocycles. The first-order chi connectivity index (χ1) is 11.0. The van der Waals surface area contributed by atoms with Gasteiger partial charge >= 0.3 is 5.97 Å². The summed E-state index contributed by atoms with van der Waals surface area (Å²) in [5.74, 6) is -1.05. The first-order valence-corrected chi connectivity index (χ1v) is 7.83. The lowest BCUT2D eigenvalue weighted by Crippen LogP contribution is -2.06. The van der Waals surface area contributed by atoms with Gasteiger partial charge in [0.25, 0.3) is 0 Å². The summed E-state index contributed by atoms with van der Waals surface area (Å²) >= 11 is 1.17. The van der Waals surface area contributed by atoms with E-state index in [0.29, 0.717) is 16.5 Å². The molecule has 2 rings (SSSR count). The smallest absolute Gasteiger partial charge is 0.348 e. The second-order valence-corrected chi connectivity index (χ2v) is 5.77. The van der Waals surface area contributed by atoms with Crippen LogP contribution in [0.3, 0.4) is 0 Å². The average Bonchev–Trinajstić information content (AvgIpc) is 2.87. The van der Waals surface area contributed by atoms with Crippen molar-refractivity contribution in [2.24, 2.45) is 0 Å². The number of hydrogen-bond donors (Lipinski definition) is 1. The maximum absolute atomic E-state index is 12.8. The summed E-state index contributed by atoms with van der Waals surface area (Å²) in [5, 5.41) is 3.26. The molecule has 0 bridgehead atoms. The third-order valence-corrected chi connectivity index (χ3v) is 4.05. The number of aryl methyl sites for hydroxylation is 1. The highest BCUT2D eigenvalue weighted by atomic mass is 32.1.